The summed E-state index contributed by atoms with van der Waals surface area (Å²) < 4.78 is 37.7. The summed E-state index contributed by atoms with van der Waals surface area (Å²) in [5, 5.41) is 25.1. The lowest BCUT2D eigenvalue weighted by atomic mass is 10.1. The molecule has 0 saturated carbocycles. The molecule has 2 aliphatic heterocycles. The minimum Gasteiger partial charge on any atom is -0.477 e. The van der Waals surface area contributed by atoms with Crippen LogP contribution in [0.15, 0.2) is 77.5 Å². The van der Waals surface area contributed by atoms with Crippen molar-refractivity contribution in [3.63, 3.8) is 0 Å². The molecule has 0 aliphatic carbocycles. The second kappa shape index (κ2) is 12.6. The first kappa shape index (κ1) is 29.3. The summed E-state index contributed by atoms with van der Waals surface area (Å²) in [5.41, 5.74) is 15.9. The molecule has 212 valence electrons. The van der Waals surface area contributed by atoms with Gasteiger partial charge in [0.2, 0.25) is 0 Å². The molecule has 0 amide bonds. The van der Waals surface area contributed by atoms with Gasteiger partial charge in [0.05, 0.1) is 11.7 Å². The molecule has 0 spiro atoms. The number of carboxylic acids is 1. The fraction of sp³-hybridized carbons (Fsp3) is 0.200. The molecular formula is C25H29F3N10O2. The van der Waals surface area contributed by atoms with Gasteiger partial charge in [-0.3, -0.25) is 10.5 Å². The molecule has 10 N–H and O–H groups in total. The van der Waals surface area contributed by atoms with Crippen LogP contribution < -0.4 is 27.5 Å². The molecule has 1 atom stereocenters. The summed E-state index contributed by atoms with van der Waals surface area (Å²) in [4.78, 5) is 17.5. The van der Waals surface area contributed by atoms with Gasteiger partial charge in [-0.15, -0.1) is 0 Å². The lowest BCUT2D eigenvalue weighted by molar-refractivity contribution is -0.0960. The van der Waals surface area contributed by atoms with Gasteiger partial charge in [-0.2, -0.15) is 23.4 Å². The molecule has 5 rings (SSSR count). The molecular weight excluding hydrogens is 529 g/mol. The van der Waals surface area contributed by atoms with E-state index in [0.29, 0.717) is 35.2 Å². The molecule has 12 nitrogen and oxygen atoms in total. The van der Waals surface area contributed by atoms with E-state index in [2.05, 4.69) is 47.9 Å². The van der Waals surface area contributed by atoms with Crippen LogP contribution in [0.1, 0.15) is 30.8 Å². The van der Waals surface area contributed by atoms with Crippen molar-refractivity contribution >= 4 is 28.5 Å². The standard InChI is InChI=1S/C12H14F3N5.C11H9N5O2.C2H6/c1-7-2-3-8(4-5-10(16)20-19-7)11-17-6-9(18-11)12(13,14)15;12-9-6-3-5(1-2-7(6)15-16-9)10-13-4-8(14-10)11(17)18;1-2/h2-4,6,11,17-19H,1,5H2,(H2,16,20);1-4H,(H,13,14)(H,17,18)(H3,12,15,16);1-2H3/b3-2-,8-4+;;. The van der Waals surface area contributed by atoms with Crippen molar-refractivity contribution in [1.82, 2.24) is 36.2 Å². The molecule has 0 bridgehead atoms. The maximum atomic E-state index is 12.6. The number of alkyl halides is 3. The van der Waals surface area contributed by atoms with Gasteiger partial charge in [0.15, 0.2) is 5.82 Å². The number of benzene rings is 1. The SMILES string of the molecule is C=C1/C=C\C(C2NC=C(C(F)(F)F)N2)=C/C/C(N)=N\N1.CC.Nc1n[nH]c2ccc(-c3ncc(C(=O)O)[nH]3)cc12. The van der Waals surface area contributed by atoms with Crippen molar-refractivity contribution < 1.29 is 23.1 Å². The van der Waals surface area contributed by atoms with Crippen LogP contribution in [0.3, 0.4) is 0 Å². The van der Waals surface area contributed by atoms with Crippen molar-refractivity contribution in [1.29, 1.82) is 0 Å². The Labute approximate surface area is 226 Å². The number of nitrogens with two attached hydrogens (primary N) is 2. The highest BCUT2D eigenvalue weighted by molar-refractivity contribution is 5.92. The molecule has 40 heavy (non-hydrogen) atoms. The molecule has 1 aromatic carbocycles. The van der Waals surface area contributed by atoms with Crippen molar-refractivity contribution in [2.24, 2.45) is 10.8 Å². The maximum Gasteiger partial charge on any atom is 0.432 e. The molecule has 2 aromatic heterocycles. The van der Waals surface area contributed by atoms with Gasteiger partial charge in [0.1, 0.15) is 29.2 Å². The molecule has 3 aromatic rings. The Kier molecular flexibility index (Phi) is 9.21. The summed E-state index contributed by atoms with van der Waals surface area (Å²) >= 11 is 0. The zero-order valence-corrected chi connectivity index (χ0v) is 21.6. The number of aromatic nitrogens is 4. The summed E-state index contributed by atoms with van der Waals surface area (Å²) in [7, 11) is 0. The van der Waals surface area contributed by atoms with E-state index in [9.17, 15) is 18.0 Å². The normalized spacial score (nSPS) is 20.1. The number of hydrogen-bond acceptors (Lipinski definition) is 9. The number of carboxylic acid groups (broad SMARTS) is 1. The fourth-order valence-electron chi connectivity index (χ4n) is 3.43. The van der Waals surface area contributed by atoms with Gasteiger partial charge < -0.3 is 32.2 Å². The molecule has 15 heteroatoms. The number of nitrogens with one attached hydrogen (secondary N) is 5. The highest BCUT2D eigenvalue weighted by Gasteiger charge is 2.38. The lowest BCUT2D eigenvalue weighted by Gasteiger charge is -2.16. The van der Waals surface area contributed by atoms with Gasteiger partial charge in [-0.25, -0.2) is 9.78 Å². The van der Waals surface area contributed by atoms with E-state index in [4.69, 9.17) is 16.6 Å². The van der Waals surface area contributed by atoms with Crippen LogP contribution in [0, 0.1) is 0 Å². The van der Waals surface area contributed by atoms with E-state index in [1.54, 1.807) is 24.3 Å². The molecule has 1 unspecified atom stereocenters. The van der Waals surface area contributed by atoms with E-state index in [0.717, 1.165) is 22.7 Å². The fourth-order valence-corrected chi connectivity index (χ4v) is 3.43. The van der Waals surface area contributed by atoms with Crippen molar-refractivity contribution in [3.05, 3.63) is 78.1 Å². The van der Waals surface area contributed by atoms with Crippen LogP contribution in [-0.4, -0.2) is 49.4 Å². The molecule has 0 saturated heterocycles. The first-order valence-electron chi connectivity index (χ1n) is 12.0. The number of allylic oxidation sites excluding steroid dienone is 2. The van der Waals surface area contributed by atoms with Crippen LogP contribution in [0.5, 0.6) is 0 Å². The third kappa shape index (κ3) is 7.21. The summed E-state index contributed by atoms with van der Waals surface area (Å²) in [5.74, 6) is 0.152. The van der Waals surface area contributed by atoms with Gasteiger partial charge in [-0.05, 0) is 29.8 Å². The second-order valence-electron chi connectivity index (χ2n) is 8.10. The Bertz CT molecular complexity index is 1500. The van der Waals surface area contributed by atoms with E-state index in [1.807, 2.05) is 26.0 Å². The van der Waals surface area contributed by atoms with Crippen molar-refractivity contribution in [2.75, 3.05) is 5.73 Å². The molecule has 0 fully saturated rings. The summed E-state index contributed by atoms with van der Waals surface area (Å²) in [6.07, 6.45) is 2.41. The first-order valence-corrected chi connectivity index (χ1v) is 12.0. The van der Waals surface area contributed by atoms with E-state index in [1.165, 1.54) is 6.20 Å². The number of amidine groups is 1. The van der Waals surface area contributed by atoms with Gasteiger partial charge >= 0.3 is 12.1 Å². The Morgan fingerprint density at radius 1 is 1.20 bits per heavy atom. The predicted octanol–water partition coefficient (Wildman–Crippen LogP) is 3.43. The third-order valence-corrected chi connectivity index (χ3v) is 5.37. The van der Waals surface area contributed by atoms with Gasteiger partial charge in [0.25, 0.3) is 0 Å². The number of anilines is 1. The topological polar surface area (TPSA) is 195 Å². The van der Waals surface area contributed by atoms with Crippen LogP contribution in [-0.2, 0) is 0 Å². The number of halogens is 3. The first-order chi connectivity index (χ1) is 19.0. The average molecular weight is 559 g/mol. The predicted molar refractivity (Wildman–Crippen MR) is 146 cm³/mol. The highest BCUT2D eigenvalue weighted by atomic mass is 19.4. The molecule has 4 heterocycles. The largest absolute Gasteiger partial charge is 0.477 e. The van der Waals surface area contributed by atoms with E-state index < -0.39 is 24.0 Å². The van der Waals surface area contributed by atoms with Crippen LogP contribution in [0.4, 0.5) is 19.0 Å². The minimum absolute atomic E-state index is 0.0465. The number of nitrogens with zero attached hydrogens (tertiary/aromatic N) is 3. The van der Waals surface area contributed by atoms with Crippen molar-refractivity contribution in [3.8, 4) is 11.4 Å². The zero-order valence-electron chi connectivity index (χ0n) is 21.6. The Morgan fingerprint density at radius 2 is 1.95 bits per heavy atom. The molecule has 0 radical (unpaired) electrons. The highest BCUT2D eigenvalue weighted by Crippen LogP contribution is 2.27. The lowest BCUT2D eigenvalue weighted by Crippen LogP contribution is -2.36. The number of rotatable bonds is 3. The monoisotopic (exact) mass is 558 g/mol. The molecule has 2 aliphatic rings. The number of nitrogen functional groups attached to an aromatic ring is 1. The minimum atomic E-state index is -4.41. The average Bonchev–Trinajstić information content (AvgIpc) is 3.69. The van der Waals surface area contributed by atoms with Crippen LogP contribution in [0.25, 0.3) is 22.3 Å². The van der Waals surface area contributed by atoms with Gasteiger partial charge in [-0.1, -0.05) is 32.6 Å². The number of aromatic carboxylic acids is 1. The third-order valence-electron chi connectivity index (χ3n) is 5.37. The summed E-state index contributed by atoms with van der Waals surface area (Å²) in [6.45, 7) is 7.69. The Morgan fingerprint density at radius 3 is 2.60 bits per heavy atom. The Balaban J connectivity index is 0.000000208. The second-order valence-corrected chi connectivity index (χ2v) is 8.10. The zero-order chi connectivity index (χ0) is 29.4. The number of hydrogen-bond donors (Lipinski definition) is 8. The van der Waals surface area contributed by atoms with Crippen LogP contribution in [0.2, 0.25) is 0 Å². The Hall–Kier alpha value is -5.21. The number of imidazole rings is 1. The van der Waals surface area contributed by atoms with Gasteiger partial charge in [0, 0.05) is 29.3 Å². The number of aromatic amines is 2. The van der Waals surface area contributed by atoms with E-state index >= 15 is 0 Å². The smallest absolute Gasteiger partial charge is 0.432 e. The van der Waals surface area contributed by atoms with Crippen LogP contribution >= 0.6 is 0 Å². The maximum absolute atomic E-state index is 12.6. The number of fused-ring (bicyclic) bond motifs is 1. The van der Waals surface area contributed by atoms with E-state index in [-0.39, 0.29) is 5.69 Å². The number of hydrazone groups is 1. The summed E-state index contributed by atoms with van der Waals surface area (Å²) in [6, 6.07) is 5.43. The number of H-pyrrole nitrogens is 2. The quantitative estimate of drug-likeness (QED) is 0.238. The number of carbonyl (C=O) groups is 1. The van der Waals surface area contributed by atoms with Crippen molar-refractivity contribution in [2.45, 2.75) is 32.6 Å².